The van der Waals surface area contributed by atoms with Crippen molar-refractivity contribution < 1.29 is 9.90 Å². The second kappa shape index (κ2) is 3.32. The summed E-state index contributed by atoms with van der Waals surface area (Å²) in [6.07, 6.45) is 1.63. The Balaban J connectivity index is 2.56. The van der Waals surface area contributed by atoms with E-state index in [0.717, 1.165) is 25.9 Å². The average Bonchev–Trinajstić information content (AvgIpc) is 2.04. The summed E-state index contributed by atoms with van der Waals surface area (Å²) < 4.78 is 0. The zero-order chi connectivity index (χ0) is 8.32. The number of rotatable bonds is 2. The van der Waals surface area contributed by atoms with Crippen molar-refractivity contribution in [1.82, 2.24) is 5.32 Å². The van der Waals surface area contributed by atoms with E-state index in [0.29, 0.717) is 0 Å². The van der Waals surface area contributed by atoms with E-state index in [4.69, 9.17) is 0 Å². The number of carbonyl (C=O) groups is 1. The molecule has 3 heteroatoms. The molecular weight excluding hydrogens is 142 g/mol. The fraction of sp³-hybridized carbons (Fsp3) is 0.875. The van der Waals surface area contributed by atoms with Crippen LogP contribution in [0.15, 0.2) is 0 Å². The molecule has 1 fully saturated rings. The zero-order valence-corrected chi connectivity index (χ0v) is 6.85. The van der Waals surface area contributed by atoms with Gasteiger partial charge in [0.15, 0.2) is 5.78 Å². The minimum atomic E-state index is -0.559. The molecule has 0 spiro atoms. The summed E-state index contributed by atoms with van der Waals surface area (Å²) in [5.74, 6) is -0.126. The number of carbonyl (C=O) groups excluding carboxylic acids is 1. The van der Waals surface area contributed by atoms with Crippen LogP contribution >= 0.6 is 0 Å². The van der Waals surface area contributed by atoms with Crippen molar-refractivity contribution in [2.45, 2.75) is 19.8 Å². The third-order valence-electron chi connectivity index (χ3n) is 2.51. The summed E-state index contributed by atoms with van der Waals surface area (Å²) in [5.41, 5.74) is -0.326. The average molecular weight is 156 g/mol. The molecule has 0 saturated carbocycles. The fourth-order valence-electron chi connectivity index (χ4n) is 1.43. The highest BCUT2D eigenvalue weighted by Gasteiger charge is 2.33. The Bertz CT molecular complexity index is 150. The lowest BCUT2D eigenvalue weighted by atomic mass is 9.77. The molecule has 0 amide bonds. The predicted octanol–water partition coefficient (Wildman–Crippen LogP) is 0.376. The molecule has 1 heterocycles. The van der Waals surface area contributed by atoms with Crippen molar-refractivity contribution in [3.05, 3.63) is 0 Å². The van der Waals surface area contributed by atoms with Gasteiger partial charge in [-0.05, 0) is 25.9 Å². The van der Waals surface area contributed by atoms with Crippen LogP contribution < -0.4 is 5.32 Å². The summed E-state index contributed by atoms with van der Waals surface area (Å²) in [6, 6.07) is 0. The highest BCUT2D eigenvalue weighted by molar-refractivity contribution is 5.85. The first-order valence-corrected chi connectivity index (χ1v) is 4.01. The Labute approximate surface area is 66.8 Å². The van der Waals surface area contributed by atoms with Crippen molar-refractivity contribution >= 4 is 5.78 Å². The standard InChI is InChI=1S/C8H14NO2/c1-8(7(11)6-10)2-4-9-5-3-8/h9H,2-6H2,1H3. The van der Waals surface area contributed by atoms with E-state index >= 15 is 0 Å². The van der Waals surface area contributed by atoms with Crippen molar-refractivity contribution in [3.63, 3.8) is 0 Å². The second-order valence-electron chi connectivity index (χ2n) is 3.38. The van der Waals surface area contributed by atoms with Crippen LogP contribution in [0.2, 0.25) is 0 Å². The molecule has 0 unspecified atom stereocenters. The third-order valence-corrected chi connectivity index (χ3v) is 2.51. The van der Waals surface area contributed by atoms with E-state index in [1.807, 2.05) is 6.92 Å². The largest absolute Gasteiger partial charge is 0.317 e. The highest BCUT2D eigenvalue weighted by Crippen LogP contribution is 2.28. The molecule has 1 aliphatic rings. The number of hydrogen-bond donors (Lipinski definition) is 1. The van der Waals surface area contributed by atoms with E-state index < -0.39 is 6.61 Å². The number of Topliss-reactive ketones (excluding diaryl/α,β-unsaturated/α-hetero) is 1. The maximum Gasteiger partial charge on any atom is 0.167 e. The summed E-state index contributed by atoms with van der Waals surface area (Å²) in [5, 5.41) is 13.5. The van der Waals surface area contributed by atoms with Gasteiger partial charge in [-0.25, -0.2) is 5.11 Å². The SMILES string of the molecule is CC1(C(=O)C[O])CCNCC1. The van der Waals surface area contributed by atoms with Crippen molar-refractivity contribution in [1.29, 1.82) is 0 Å². The van der Waals surface area contributed by atoms with Crippen LogP contribution in [-0.2, 0) is 9.90 Å². The van der Waals surface area contributed by atoms with Crippen LogP contribution in [0, 0.1) is 5.41 Å². The zero-order valence-electron chi connectivity index (χ0n) is 6.85. The van der Waals surface area contributed by atoms with Crippen LogP contribution in [0.4, 0.5) is 0 Å². The third kappa shape index (κ3) is 1.79. The Morgan fingerprint density at radius 1 is 1.45 bits per heavy atom. The summed E-state index contributed by atoms with van der Waals surface area (Å²) in [4.78, 5) is 11.1. The van der Waals surface area contributed by atoms with Gasteiger partial charge in [-0.3, -0.25) is 4.79 Å². The first-order valence-electron chi connectivity index (χ1n) is 4.01. The molecular formula is C8H14NO2. The highest BCUT2D eigenvalue weighted by atomic mass is 16.3. The van der Waals surface area contributed by atoms with E-state index in [2.05, 4.69) is 5.32 Å². The van der Waals surface area contributed by atoms with Gasteiger partial charge in [0.25, 0.3) is 0 Å². The van der Waals surface area contributed by atoms with E-state index in [-0.39, 0.29) is 11.2 Å². The van der Waals surface area contributed by atoms with Crippen molar-refractivity contribution in [2.24, 2.45) is 5.41 Å². The summed E-state index contributed by atoms with van der Waals surface area (Å²) >= 11 is 0. The van der Waals surface area contributed by atoms with Gasteiger partial charge in [0.1, 0.15) is 6.61 Å². The fourth-order valence-corrected chi connectivity index (χ4v) is 1.43. The second-order valence-corrected chi connectivity index (χ2v) is 3.38. The minimum absolute atomic E-state index is 0.126. The lowest BCUT2D eigenvalue weighted by molar-refractivity contribution is -0.134. The van der Waals surface area contributed by atoms with Crippen LogP contribution in [0.1, 0.15) is 19.8 Å². The maximum atomic E-state index is 11.1. The van der Waals surface area contributed by atoms with Gasteiger partial charge < -0.3 is 5.32 Å². The van der Waals surface area contributed by atoms with Crippen molar-refractivity contribution in [2.75, 3.05) is 19.7 Å². The van der Waals surface area contributed by atoms with Gasteiger partial charge in [0.05, 0.1) is 0 Å². The van der Waals surface area contributed by atoms with E-state index in [1.165, 1.54) is 0 Å². The molecule has 0 aromatic heterocycles. The molecule has 0 bridgehead atoms. The van der Waals surface area contributed by atoms with E-state index in [1.54, 1.807) is 0 Å². The molecule has 1 aliphatic heterocycles. The quantitative estimate of drug-likeness (QED) is 0.628. The van der Waals surface area contributed by atoms with Crippen LogP contribution in [-0.4, -0.2) is 25.5 Å². The predicted molar refractivity (Wildman–Crippen MR) is 40.8 cm³/mol. The molecule has 63 valence electrons. The Kier molecular flexibility index (Phi) is 2.62. The monoisotopic (exact) mass is 156 g/mol. The maximum absolute atomic E-state index is 11.1. The van der Waals surface area contributed by atoms with Crippen LogP contribution in [0.5, 0.6) is 0 Å². The van der Waals surface area contributed by atoms with Gasteiger partial charge >= 0.3 is 0 Å². The topological polar surface area (TPSA) is 49.0 Å². The lowest BCUT2D eigenvalue weighted by Gasteiger charge is -2.31. The van der Waals surface area contributed by atoms with Gasteiger partial charge in [-0.15, -0.1) is 0 Å². The number of hydrogen-bond acceptors (Lipinski definition) is 2. The smallest absolute Gasteiger partial charge is 0.167 e. The molecule has 3 nitrogen and oxygen atoms in total. The number of ketones is 1. The molecule has 1 rings (SSSR count). The first-order chi connectivity index (χ1) is 5.19. The molecule has 11 heavy (non-hydrogen) atoms. The normalized spacial score (nSPS) is 23.1. The summed E-state index contributed by atoms with van der Waals surface area (Å²) in [7, 11) is 0. The van der Waals surface area contributed by atoms with Gasteiger partial charge in [-0.2, -0.15) is 0 Å². The first kappa shape index (κ1) is 8.68. The van der Waals surface area contributed by atoms with Gasteiger partial charge in [0.2, 0.25) is 0 Å². The molecule has 0 aliphatic carbocycles. The minimum Gasteiger partial charge on any atom is -0.317 e. The van der Waals surface area contributed by atoms with Crippen LogP contribution in [0.25, 0.3) is 0 Å². The Morgan fingerprint density at radius 2 is 2.00 bits per heavy atom. The molecule has 0 aromatic carbocycles. The van der Waals surface area contributed by atoms with Gasteiger partial charge in [-0.1, -0.05) is 6.92 Å². The molecule has 0 aromatic rings. The molecule has 1 N–H and O–H groups in total. The molecule has 1 radical (unpaired) electrons. The Morgan fingerprint density at radius 3 is 2.45 bits per heavy atom. The lowest BCUT2D eigenvalue weighted by Crippen LogP contribution is -2.41. The van der Waals surface area contributed by atoms with E-state index in [9.17, 15) is 9.90 Å². The molecule has 0 atom stereocenters. The summed E-state index contributed by atoms with van der Waals surface area (Å²) in [6.45, 7) is 3.06. The molecule has 1 saturated heterocycles. The number of nitrogens with one attached hydrogen (secondary N) is 1. The Hall–Kier alpha value is -0.410. The van der Waals surface area contributed by atoms with Crippen molar-refractivity contribution in [3.8, 4) is 0 Å². The number of piperidine rings is 1. The van der Waals surface area contributed by atoms with Crippen LogP contribution in [0.3, 0.4) is 0 Å². The van der Waals surface area contributed by atoms with Gasteiger partial charge in [0, 0.05) is 5.41 Å².